The number of pyridine rings is 1. The number of rotatable bonds is 4. The van der Waals surface area contributed by atoms with Crippen LogP contribution in [0.5, 0.6) is 11.5 Å². The molecule has 0 saturated heterocycles. The van der Waals surface area contributed by atoms with Gasteiger partial charge in [0.05, 0.1) is 6.20 Å². The molecule has 3 nitrogen and oxygen atoms in total. The minimum absolute atomic E-state index is 0.0758. The van der Waals surface area contributed by atoms with Crippen LogP contribution >= 0.6 is 0 Å². The lowest BCUT2D eigenvalue weighted by molar-refractivity contribution is 0.414. The zero-order valence-electron chi connectivity index (χ0n) is 13.5. The van der Waals surface area contributed by atoms with Crippen LogP contribution in [0.15, 0.2) is 36.5 Å². The van der Waals surface area contributed by atoms with Crippen molar-refractivity contribution in [1.82, 2.24) is 10.3 Å². The molecule has 0 amide bonds. The van der Waals surface area contributed by atoms with Gasteiger partial charge in [-0.25, -0.2) is 0 Å². The molecule has 0 aliphatic carbocycles. The lowest BCUT2D eigenvalue weighted by Gasteiger charge is -2.22. The van der Waals surface area contributed by atoms with Gasteiger partial charge in [-0.15, -0.1) is 0 Å². The molecule has 0 unspecified atom stereocenters. The van der Waals surface area contributed by atoms with Crippen molar-refractivity contribution in [2.75, 3.05) is 0 Å². The van der Waals surface area contributed by atoms with Gasteiger partial charge in [-0.3, -0.25) is 4.98 Å². The van der Waals surface area contributed by atoms with Crippen molar-refractivity contribution in [2.24, 2.45) is 0 Å². The van der Waals surface area contributed by atoms with E-state index >= 15 is 0 Å². The molecule has 0 radical (unpaired) electrons. The minimum Gasteiger partial charge on any atom is -0.455 e. The lowest BCUT2D eigenvalue weighted by atomic mass is 10.1. The van der Waals surface area contributed by atoms with Gasteiger partial charge in [0.1, 0.15) is 11.5 Å². The Labute approximate surface area is 127 Å². The molecule has 2 rings (SSSR count). The Morgan fingerprint density at radius 3 is 2.48 bits per heavy atom. The van der Waals surface area contributed by atoms with Crippen molar-refractivity contribution in [3.63, 3.8) is 0 Å². The Morgan fingerprint density at radius 1 is 1.10 bits per heavy atom. The number of hydrogen-bond acceptors (Lipinski definition) is 3. The predicted molar refractivity (Wildman–Crippen MR) is 86.8 cm³/mol. The van der Waals surface area contributed by atoms with Gasteiger partial charge in [-0.1, -0.05) is 17.7 Å². The molecule has 1 N–H and O–H groups in total. The zero-order valence-corrected chi connectivity index (χ0v) is 13.5. The molecule has 0 aliphatic heterocycles. The van der Waals surface area contributed by atoms with Crippen LogP contribution in [-0.2, 0) is 6.54 Å². The highest BCUT2D eigenvalue weighted by atomic mass is 16.5. The summed E-state index contributed by atoms with van der Waals surface area (Å²) < 4.78 is 5.98. The summed E-state index contributed by atoms with van der Waals surface area (Å²) in [5.74, 6) is 1.64. The molecule has 1 heterocycles. The fourth-order valence-corrected chi connectivity index (χ4v) is 1.95. The van der Waals surface area contributed by atoms with Crippen LogP contribution in [0.1, 0.15) is 37.6 Å². The number of hydrogen-bond donors (Lipinski definition) is 1. The van der Waals surface area contributed by atoms with Gasteiger partial charge in [0.2, 0.25) is 0 Å². The highest BCUT2D eigenvalue weighted by Gasteiger charge is 2.12. The normalized spacial score (nSPS) is 11.5. The second-order valence-electron chi connectivity index (χ2n) is 6.45. The van der Waals surface area contributed by atoms with Gasteiger partial charge >= 0.3 is 0 Å². The molecule has 3 heteroatoms. The molecule has 0 bridgehead atoms. The monoisotopic (exact) mass is 284 g/mol. The van der Waals surface area contributed by atoms with Crippen LogP contribution in [-0.4, -0.2) is 10.5 Å². The van der Waals surface area contributed by atoms with Crippen LogP contribution in [0.25, 0.3) is 0 Å². The van der Waals surface area contributed by atoms with Gasteiger partial charge in [-0.2, -0.15) is 0 Å². The van der Waals surface area contributed by atoms with E-state index < -0.39 is 0 Å². The van der Waals surface area contributed by atoms with Crippen LogP contribution < -0.4 is 10.1 Å². The topological polar surface area (TPSA) is 34.1 Å². The Balaban J connectivity index is 2.20. The van der Waals surface area contributed by atoms with E-state index in [9.17, 15) is 0 Å². The molecular weight excluding hydrogens is 260 g/mol. The average molecular weight is 284 g/mol. The number of benzene rings is 1. The van der Waals surface area contributed by atoms with E-state index in [4.69, 9.17) is 4.74 Å². The van der Waals surface area contributed by atoms with Crippen LogP contribution in [0.4, 0.5) is 0 Å². The van der Waals surface area contributed by atoms with E-state index in [0.717, 1.165) is 29.3 Å². The third kappa shape index (κ3) is 4.87. The molecule has 21 heavy (non-hydrogen) atoms. The first-order valence-corrected chi connectivity index (χ1v) is 7.28. The van der Waals surface area contributed by atoms with E-state index in [-0.39, 0.29) is 5.54 Å². The highest BCUT2D eigenvalue weighted by molar-refractivity contribution is 5.40. The zero-order chi connectivity index (χ0) is 15.5. The molecule has 0 spiro atoms. The first kappa shape index (κ1) is 15.5. The molecule has 0 fully saturated rings. The maximum Gasteiger partial charge on any atom is 0.145 e. The minimum atomic E-state index is 0.0758. The van der Waals surface area contributed by atoms with Crippen molar-refractivity contribution in [3.8, 4) is 11.5 Å². The fourth-order valence-electron chi connectivity index (χ4n) is 1.95. The fraction of sp³-hybridized carbons (Fsp3) is 0.389. The number of ether oxygens (including phenoxy) is 1. The van der Waals surface area contributed by atoms with Gasteiger partial charge < -0.3 is 10.1 Å². The Morgan fingerprint density at radius 2 is 1.86 bits per heavy atom. The summed E-state index contributed by atoms with van der Waals surface area (Å²) in [7, 11) is 0. The molecule has 0 atom stereocenters. The van der Waals surface area contributed by atoms with E-state index in [1.54, 1.807) is 6.20 Å². The Kier molecular flexibility index (Phi) is 4.63. The summed E-state index contributed by atoms with van der Waals surface area (Å²) in [4.78, 5) is 4.27. The Hall–Kier alpha value is -1.87. The second kappa shape index (κ2) is 6.27. The average Bonchev–Trinajstić information content (AvgIpc) is 2.40. The molecule has 1 aromatic carbocycles. The lowest BCUT2D eigenvalue weighted by Crippen LogP contribution is -2.35. The number of aryl methyl sites for hydroxylation is 2. The summed E-state index contributed by atoms with van der Waals surface area (Å²) in [6, 6.07) is 10.2. The van der Waals surface area contributed by atoms with Crippen LogP contribution in [0, 0.1) is 13.8 Å². The maximum atomic E-state index is 5.98. The third-order valence-electron chi connectivity index (χ3n) is 3.14. The maximum absolute atomic E-state index is 5.98. The van der Waals surface area contributed by atoms with Gasteiger partial charge in [-0.05, 0) is 52.8 Å². The van der Waals surface area contributed by atoms with E-state index in [1.807, 2.05) is 25.1 Å². The molecule has 0 aliphatic rings. The highest BCUT2D eigenvalue weighted by Crippen LogP contribution is 2.26. The van der Waals surface area contributed by atoms with Crippen molar-refractivity contribution in [2.45, 2.75) is 46.7 Å². The third-order valence-corrected chi connectivity index (χ3v) is 3.14. The van der Waals surface area contributed by atoms with Crippen molar-refractivity contribution in [1.29, 1.82) is 0 Å². The first-order valence-electron chi connectivity index (χ1n) is 7.28. The molecule has 1 aromatic heterocycles. The van der Waals surface area contributed by atoms with Crippen LogP contribution in [0.3, 0.4) is 0 Å². The number of nitrogens with one attached hydrogen (secondary N) is 1. The molecule has 112 valence electrons. The van der Waals surface area contributed by atoms with Gasteiger partial charge in [0.15, 0.2) is 0 Å². The summed E-state index contributed by atoms with van der Waals surface area (Å²) in [5, 5.41) is 3.51. The van der Waals surface area contributed by atoms with Crippen molar-refractivity contribution >= 4 is 0 Å². The smallest absolute Gasteiger partial charge is 0.145 e. The second-order valence-corrected chi connectivity index (χ2v) is 6.45. The number of nitrogens with zero attached hydrogens (tertiary/aromatic N) is 1. The van der Waals surface area contributed by atoms with Gasteiger partial charge in [0, 0.05) is 23.3 Å². The van der Waals surface area contributed by atoms with Gasteiger partial charge in [0.25, 0.3) is 0 Å². The SMILES string of the molecule is Cc1ccc(Oc2ccc(C)nc2)c(CNC(C)(C)C)c1. The van der Waals surface area contributed by atoms with E-state index in [1.165, 1.54) is 5.56 Å². The summed E-state index contributed by atoms with van der Waals surface area (Å²) in [6.07, 6.45) is 1.76. The molecule has 2 aromatic rings. The van der Waals surface area contributed by atoms with E-state index in [2.05, 4.69) is 50.1 Å². The first-order chi connectivity index (χ1) is 9.83. The van der Waals surface area contributed by atoms with Crippen molar-refractivity contribution in [3.05, 3.63) is 53.3 Å². The standard InChI is InChI=1S/C18H24N2O/c1-13-6-9-17(15(10-13)11-20-18(3,4)5)21-16-8-7-14(2)19-12-16/h6-10,12,20H,11H2,1-5H3. The largest absolute Gasteiger partial charge is 0.455 e. The summed E-state index contributed by atoms with van der Waals surface area (Å²) in [6.45, 7) is 11.3. The van der Waals surface area contributed by atoms with Crippen LogP contribution in [0.2, 0.25) is 0 Å². The van der Waals surface area contributed by atoms with E-state index in [0.29, 0.717) is 0 Å². The van der Waals surface area contributed by atoms with Crippen molar-refractivity contribution < 1.29 is 4.74 Å². The number of aromatic nitrogens is 1. The Bertz CT molecular complexity index is 598. The molecular formula is C18H24N2O. The molecule has 0 saturated carbocycles. The summed E-state index contributed by atoms with van der Waals surface area (Å²) >= 11 is 0. The quantitative estimate of drug-likeness (QED) is 0.904. The summed E-state index contributed by atoms with van der Waals surface area (Å²) in [5.41, 5.74) is 3.45. The predicted octanol–water partition coefficient (Wildman–Crippen LogP) is 4.38.